The van der Waals surface area contributed by atoms with Gasteiger partial charge in [-0.25, -0.2) is 0 Å². The van der Waals surface area contributed by atoms with Crippen molar-refractivity contribution in [1.29, 1.82) is 0 Å². The summed E-state index contributed by atoms with van der Waals surface area (Å²) >= 11 is 0. The highest BCUT2D eigenvalue weighted by molar-refractivity contribution is 5.81. The van der Waals surface area contributed by atoms with Crippen LogP contribution in [0.3, 0.4) is 0 Å². The van der Waals surface area contributed by atoms with Gasteiger partial charge in [-0.3, -0.25) is 0 Å². The molecule has 1 N–H and O–H groups in total. The van der Waals surface area contributed by atoms with Crippen LogP contribution < -0.4 is 0 Å². The second-order valence-corrected chi connectivity index (χ2v) is 5.39. The Morgan fingerprint density at radius 2 is 1.79 bits per heavy atom. The van der Waals surface area contributed by atoms with Crippen molar-refractivity contribution < 1.29 is 0 Å². The van der Waals surface area contributed by atoms with Gasteiger partial charge >= 0.3 is 0 Å². The molecule has 0 atom stereocenters. The fraction of sp³-hybridized carbons (Fsp3) is 0.529. The average Bonchev–Trinajstić information content (AvgIpc) is 2.84. The number of aromatic amines is 1. The van der Waals surface area contributed by atoms with Crippen LogP contribution in [0.4, 0.5) is 0 Å². The van der Waals surface area contributed by atoms with Crippen LogP contribution in [0.5, 0.6) is 0 Å². The molecule has 1 aromatic carbocycles. The summed E-state index contributed by atoms with van der Waals surface area (Å²) in [5.74, 6) is 0.721. The summed E-state index contributed by atoms with van der Waals surface area (Å²) in [6.45, 7) is 8.60. The number of H-pyrrole nitrogens is 1. The number of nitrogens with zero attached hydrogens (tertiary/aromatic N) is 1. The van der Waals surface area contributed by atoms with E-state index < -0.39 is 0 Å². The Bertz CT molecular complexity index is 519. The largest absolute Gasteiger partial charge is 0.358 e. The zero-order valence-electron chi connectivity index (χ0n) is 12.7. The predicted octanol–water partition coefficient (Wildman–Crippen LogP) is 4.31. The standard InChI is InChI=1S/C15H20N2.C2H6/c1-11-3-4-14-13(9-11)10-15(16-14)12-5-7-17(2)8-6-12;1-2/h3-4,9-10,12,16H,5-8H2,1-2H3;1-2H3. The van der Waals surface area contributed by atoms with Crippen molar-refractivity contribution in [2.45, 2.75) is 39.5 Å². The fourth-order valence-electron chi connectivity index (χ4n) is 2.81. The van der Waals surface area contributed by atoms with E-state index in [2.05, 4.69) is 48.1 Å². The fourth-order valence-corrected chi connectivity index (χ4v) is 2.81. The maximum Gasteiger partial charge on any atom is 0.0456 e. The monoisotopic (exact) mass is 258 g/mol. The number of piperidine rings is 1. The zero-order chi connectivity index (χ0) is 13.8. The van der Waals surface area contributed by atoms with Gasteiger partial charge in [-0.2, -0.15) is 0 Å². The molecule has 1 aliphatic rings. The van der Waals surface area contributed by atoms with Gasteiger partial charge in [0.25, 0.3) is 0 Å². The van der Waals surface area contributed by atoms with Crippen molar-refractivity contribution in [2.24, 2.45) is 0 Å². The summed E-state index contributed by atoms with van der Waals surface area (Å²) in [7, 11) is 2.21. The molecule has 2 nitrogen and oxygen atoms in total. The molecule has 2 heterocycles. The summed E-state index contributed by atoms with van der Waals surface area (Å²) < 4.78 is 0. The molecule has 3 rings (SSSR count). The first-order valence-corrected chi connectivity index (χ1v) is 7.50. The molecule has 104 valence electrons. The molecular formula is C17H26N2. The third kappa shape index (κ3) is 3.19. The summed E-state index contributed by atoms with van der Waals surface area (Å²) in [4.78, 5) is 6.01. The number of rotatable bonds is 1. The summed E-state index contributed by atoms with van der Waals surface area (Å²) in [6, 6.07) is 8.99. The molecule has 1 saturated heterocycles. The van der Waals surface area contributed by atoms with Gasteiger partial charge in [0, 0.05) is 17.1 Å². The molecule has 0 saturated carbocycles. The van der Waals surface area contributed by atoms with Gasteiger partial charge in [-0.15, -0.1) is 0 Å². The van der Waals surface area contributed by atoms with Crippen LogP contribution >= 0.6 is 0 Å². The van der Waals surface area contributed by atoms with Crippen LogP contribution in [0.15, 0.2) is 24.3 Å². The molecule has 1 fully saturated rings. The van der Waals surface area contributed by atoms with E-state index in [-0.39, 0.29) is 0 Å². The van der Waals surface area contributed by atoms with Crippen LogP contribution in [-0.2, 0) is 0 Å². The minimum absolute atomic E-state index is 0.721. The lowest BCUT2D eigenvalue weighted by Crippen LogP contribution is -2.29. The minimum Gasteiger partial charge on any atom is -0.358 e. The highest BCUT2D eigenvalue weighted by atomic mass is 15.1. The van der Waals surface area contributed by atoms with Crippen molar-refractivity contribution in [3.63, 3.8) is 0 Å². The van der Waals surface area contributed by atoms with E-state index in [1.807, 2.05) is 13.8 Å². The van der Waals surface area contributed by atoms with E-state index in [1.54, 1.807) is 0 Å². The van der Waals surface area contributed by atoms with Crippen LogP contribution in [0.2, 0.25) is 0 Å². The third-order valence-electron chi connectivity index (χ3n) is 3.96. The van der Waals surface area contributed by atoms with Gasteiger partial charge in [-0.05, 0) is 63.5 Å². The predicted molar refractivity (Wildman–Crippen MR) is 83.9 cm³/mol. The second kappa shape index (κ2) is 6.25. The first kappa shape index (κ1) is 14.1. The normalized spacial score (nSPS) is 17.3. The Kier molecular flexibility index (Phi) is 4.65. The Morgan fingerprint density at radius 1 is 1.11 bits per heavy atom. The number of likely N-dealkylation sites (tertiary alicyclic amines) is 1. The smallest absolute Gasteiger partial charge is 0.0456 e. The number of hydrogen-bond donors (Lipinski definition) is 1. The molecule has 0 unspecified atom stereocenters. The van der Waals surface area contributed by atoms with Crippen molar-refractivity contribution >= 4 is 10.9 Å². The minimum atomic E-state index is 0.721. The molecule has 1 aliphatic heterocycles. The van der Waals surface area contributed by atoms with Gasteiger partial charge in [0.1, 0.15) is 0 Å². The van der Waals surface area contributed by atoms with Crippen LogP contribution in [-0.4, -0.2) is 30.0 Å². The lowest BCUT2D eigenvalue weighted by Gasteiger charge is -2.28. The molecule has 0 bridgehead atoms. The van der Waals surface area contributed by atoms with Crippen molar-refractivity contribution in [1.82, 2.24) is 9.88 Å². The maximum atomic E-state index is 3.59. The second-order valence-electron chi connectivity index (χ2n) is 5.39. The Hall–Kier alpha value is -1.28. The number of hydrogen-bond acceptors (Lipinski definition) is 1. The summed E-state index contributed by atoms with van der Waals surface area (Å²) in [6.07, 6.45) is 2.56. The molecule has 0 spiro atoms. The maximum absolute atomic E-state index is 3.59. The molecule has 2 heteroatoms. The molecule has 0 radical (unpaired) electrons. The molecule has 0 aliphatic carbocycles. The van der Waals surface area contributed by atoms with E-state index >= 15 is 0 Å². The van der Waals surface area contributed by atoms with Crippen LogP contribution in [0.1, 0.15) is 43.9 Å². The van der Waals surface area contributed by atoms with E-state index in [0.29, 0.717) is 0 Å². The highest BCUT2D eigenvalue weighted by Crippen LogP contribution is 2.29. The quantitative estimate of drug-likeness (QED) is 0.807. The van der Waals surface area contributed by atoms with Crippen molar-refractivity contribution in [2.75, 3.05) is 20.1 Å². The van der Waals surface area contributed by atoms with E-state index in [9.17, 15) is 0 Å². The van der Waals surface area contributed by atoms with E-state index in [0.717, 1.165) is 5.92 Å². The molecule has 19 heavy (non-hydrogen) atoms. The lowest BCUT2D eigenvalue weighted by molar-refractivity contribution is 0.254. The molecule has 1 aromatic heterocycles. The lowest BCUT2D eigenvalue weighted by atomic mass is 9.94. The van der Waals surface area contributed by atoms with Gasteiger partial charge < -0.3 is 9.88 Å². The average molecular weight is 258 g/mol. The first-order chi connectivity index (χ1) is 9.22. The van der Waals surface area contributed by atoms with Crippen molar-refractivity contribution in [3.8, 4) is 0 Å². The zero-order valence-corrected chi connectivity index (χ0v) is 12.7. The number of nitrogens with one attached hydrogen (secondary N) is 1. The number of aromatic nitrogens is 1. The van der Waals surface area contributed by atoms with Crippen molar-refractivity contribution in [3.05, 3.63) is 35.5 Å². The van der Waals surface area contributed by atoms with Crippen LogP contribution in [0.25, 0.3) is 10.9 Å². The van der Waals surface area contributed by atoms with Gasteiger partial charge in [0.05, 0.1) is 0 Å². The molecule has 2 aromatic rings. The van der Waals surface area contributed by atoms with E-state index in [1.165, 1.54) is 48.1 Å². The number of fused-ring (bicyclic) bond motifs is 1. The van der Waals surface area contributed by atoms with Gasteiger partial charge in [0.2, 0.25) is 0 Å². The number of aryl methyl sites for hydroxylation is 1. The van der Waals surface area contributed by atoms with Gasteiger partial charge in [0.15, 0.2) is 0 Å². The summed E-state index contributed by atoms with van der Waals surface area (Å²) in [5.41, 5.74) is 4.05. The topological polar surface area (TPSA) is 19.0 Å². The van der Waals surface area contributed by atoms with Gasteiger partial charge in [-0.1, -0.05) is 25.5 Å². The molecular weight excluding hydrogens is 232 g/mol. The van der Waals surface area contributed by atoms with E-state index in [4.69, 9.17) is 0 Å². The molecule has 0 amide bonds. The summed E-state index contributed by atoms with van der Waals surface area (Å²) in [5, 5.41) is 1.36. The highest BCUT2D eigenvalue weighted by Gasteiger charge is 2.19. The Labute approximate surface area is 116 Å². The Morgan fingerprint density at radius 3 is 2.47 bits per heavy atom. The van der Waals surface area contributed by atoms with Crippen LogP contribution in [0, 0.1) is 6.92 Å². The third-order valence-corrected chi connectivity index (χ3v) is 3.96. The number of benzene rings is 1. The Balaban J connectivity index is 0.000000637. The first-order valence-electron chi connectivity index (χ1n) is 7.50. The SMILES string of the molecule is CC.Cc1ccc2[nH]c(C3CCN(C)CC3)cc2c1.